The van der Waals surface area contributed by atoms with E-state index in [1.54, 1.807) is 6.92 Å². The molecular weight excluding hydrogens is 851 g/mol. The summed E-state index contributed by atoms with van der Waals surface area (Å²) in [6.45, 7) is 1.80. The SMILES string of the molecule is CCCCCCCCCCCC(F)(F)C(F)(F)C(F)(F)C(F)(F)C(F)(F)C(F)(F)C(F)(F)C(F)(F)C(F)(F)C(F)(F)C(F)(F)C(F)(F)C(F)(F)C(F)(F)F. The fourth-order valence-electron chi connectivity index (χ4n) is 4.19. The minimum atomic E-state index is -9.91. The minimum absolute atomic E-state index is 0.144. The van der Waals surface area contributed by atoms with Gasteiger partial charge in [0.15, 0.2) is 0 Å². The van der Waals surface area contributed by atoms with Gasteiger partial charge in [0.05, 0.1) is 0 Å². The first-order valence-electron chi connectivity index (χ1n) is 14.3. The van der Waals surface area contributed by atoms with Crippen LogP contribution in [0.2, 0.25) is 0 Å². The van der Waals surface area contributed by atoms with Gasteiger partial charge in [0.1, 0.15) is 0 Å². The maximum atomic E-state index is 14.0. The molecular formula is C25H23F29. The van der Waals surface area contributed by atoms with Gasteiger partial charge in [-0.05, 0) is 6.42 Å². The topological polar surface area (TPSA) is 0 Å². The zero-order valence-corrected chi connectivity index (χ0v) is 26.0. The maximum absolute atomic E-state index is 14.0. The van der Waals surface area contributed by atoms with Gasteiger partial charge in [-0.15, -0.1) is 0 Å². The fraction of sp³-hybridized carbons (Fsp3) is 1.00. The van der Waals surface area contributed by atoms with Gasteiger partial charge in [0, 0.05) is 6.42 Å². The summed E-state index contributed by atoms with van der Waals surface area (Å²) in [5.74, 6) is -120. The molecule has 0 spiro atoms. The number of unbranched alkanes of at least 4 members (excludes halogenated alkanes) is 8. The van der Waals surface area contributed by atoms with Crippen LogP contribution in [0.4, 0.5) is 127 Å². The van der Waals surface area contributed by atoms with Crippen molar-refractivity contribution in [1.29, 1.82) is 0 Å². The first kappa shape index (κ1) is 52.0. The van der Waals surface area contributed by atoms with E-state index in [2.05, 4.69) is 0 Å². The summed E-state index contributed by atoms with van der Waals surface area (Å²) in [4.78, 5) is 0. The van der Waals surface area contributed by atoms with Crippen molar-refractivity contribution >= 4 is 0 Å². The van der Waals surface area contributed by atoms with Gasteiger partial charge < -0.3 is 0 Å². The predicted octanol–water partition coefficient (Wildman–Crippen LogP) is 13.7. The van der Waals surface area contributed by atoms with Gasteiger partial charge in [-0.3, -0.25) is 0 Å². The van der Waals surface area contributed by atoms with E-state index in [0.717, 1.165) is 12.8 Å². The van der Waals surface area contributed by atoms with Gasteiger partial charge in [0.25, 0.3) is 0 Å². The van der Waals surface area contributed by atoms with E-state index >= 15 is 0 Å². The summed E-state index contributed by atoms with van der Waals surface area (Å²) in [6, 6.07) is 0. The lowest BCUT2D eigenvalue weighted by Crippen LogP contribution is -2.79. The second kappa shape index (κ2) is 15.0. The molecule has 0 fully saturated rings. The van der Waals surface area contributed by atoms with E-state index in [-0.39, 0.29) is 12.8 Å². The quantitative estimate of drug-likeness (QED) is 0.0751. The summed E-state index contributed by atoms with van der Waals surface area (Å²) in [7, 11) is 0. The van der Waals surface area contributed by atoms with Crippen LogP contribution in [0.3, 0.4) is 0 Å². The van der Waals surface area contributed by atoms with Crippen molar-refractivity contribution in [1.82, 2.24) is 0 Å². The molecule has 0 aromatic carbocycles. The summed E-state index contributed by atoms with van der Waals surface area (Å²) >= 11 is 0. The Morgan fingerprint density at radius 1 is 0.222 bits per heavy atom. The highest BCUT2D eigenvalue weighted by Crippen LogP contribution is 2.69. The van der Waals surface area contributed by atoms with Crippen LogP contribution in [-0.4, -0.2) is 83.2 Å². The van der Waals surface area contributed by atoms with Crippen LogP contribution in [0.25, 0.3) is 0 Å². The van der Waals surface area contributed by atoms with Gasteiger partial charge in [-0.2, -0.15) is 127 Å². The Bertz CT molecular complexity index is 1220. The standard InChI is InChI=1S/C25H23F29/c1-2-3-4-5-6-7-8-9-10-11-12(26,27)13(28,29)14(30,31)15(32,33)16(34,35)17(36,37)18(38,39)19(40,41)20(42,43)21(44,45)22(46,47)23(48,49)24(50,51)25(52,53)54/h2-11H2,1H3. The average molecular weight is 874 g/mol. The van der Waals surface area contributed by atoms with Gasteiger partial charge in [0.2, 0.25) is 0 Å². The van der Waals surface area contributed by atoms with Crippen molar-refractivity contribution in [3.05, 3.63) is 0 Å². The lowest BCUT2D eigenvalue weighted by atomic mass is 9.83. The van der Waals surface area contributed by atoms with E-state index in [1.165, 1.54) is 0 Å². The molecule has 0 bridgehead atoms. The zero-order valence-electron chi connectivity index (χ0n) is 26.0. The molecule has 0 heterocycles. The Kier molecular flexibility index (Phi) is 14.5. The molecule has 54 heavy (non-hydrogen) atoms. The Morgan fingerprint density at radius 3 is 0.630 bits per heavy atom. The van der Waals surface area contributed by atoms with E-state index in [1.807, 2.05) is 0 Å². The number of halogens is 29. The molecule has 0 aromatic heterocycles. The van der Waals surface area contributed by atoms with Crippen LogP contribution in [-0.2, 0) is 0 Å². The van der Waals surface area contributed by atoms with Crippen molar-refractivity contribution in [2.75, 3.05) is 0 Å². The molecule has 326 valence electrons. The van der Waals surface area contributed by atoms with Crippen molar-refractivity contribution in [2.45, 2.75) is 154 Å². The Hall–Kier alpha value is -2.03. The third-order valence-electron chi connectivity index (χ3n) is 7.75. The molecule has 0 aliphatic heterocycles. The summed E-state index contributed by atoms with van der Waals surface area (Å²) in [5.41, 5.74) is 0. The van der Waals surface area contributed by atoms with E-state index in [4.69, 9.17) is 0 Å². The second-order valence-electron chi connectivity index (χ2n) is 11.7. The smallest absolute Gasteiger partial charge is 0.200 e. The Balaban J connectivity index is 6.93. The van der Waals surface area contributed by atoms with Crippen LogP contribution < -0.4 is 0 Å². The van der Waals surface area contributed by atoms with Gasteiger partial charge in [-0.25, -0.2) is 0 Å². The van der Waals surface area contributed by atoms with E-state index in [0.29, 0.717) is 19.3 Å². The van der Waals surface area contributed by atoms with Crippen LogP contribution in [0.5, 0.6) is 0 Å². The second-order valence-corrected chi connectivity index (χ2v) is 11.7. The largest absolute Gasteiger partial charge is 0.460 e. The van der Waals surface area contributed by atoms with Crippen LogP contribution in [0.15, 0.2) is 0 Å². The van der Waals surface area contributed by atoms with E-state index < -0.39 is 102 Å². The summed E-state index contributed by atoms with van der Waals surface area (Å²) < 4.78 is 394. The van der Waals surface area contributed by atoms with Crippen LogP contribution in [0, 0.1) is 0 Å². The molecule has 0 radical (unpaired) electrons. The first-order valence-corrected chi connectivity index (χ1v) is 14.3. The first-order chi connectivity index (χ1) is 23.3. The summed E-state index contributed by atoms with van der Waals surface area (Å²) in [5, 5.41) is 0. The highest BCUT2D eigenvalue weighted by atomic mass is 19.4. The molecule has 0 unspecified atom stereocenters. The van der Waals surface area contributed by atoms with Crippen molar-refractivity contribution in [3.8, 4) is 0 Å². The minimum Gasteiger partial charge on any atom is -0.200 e. The van der Waals surface area contributed by atoms with Gasteiger partial charge in [-0.1, -0.05) is 58.3 Å². The molecule has 0 aromatic rings. The predicted molar refractivity (Wildman–Crippen MR) is 122 cm³/mol. The van der Waals surface area contributed by atoms with E-state index in [9.17, 15) is 127 Å². The fourth-order valence-corrected chi connectivity index (χ4v) is 4.19. The highest BCUT2D eigenvalue weighted by Gasteiger charge is 3.00. The third-order valence-corrected chi connectivity index (χ3v) is 7.75. The number of rotatable bonds is 22. The number of alkyl halides is 29. The zero-order chi connectivity index (χ0) is 44.1. The average Bonchev–Trinajstić information content (AvgIpc) is 2.98. The molecule has 0 aliphatic rings. The summed E-state index contributed by atoms with van der Waals surface area (Å²) in [6.07, 6.45) is -10.0. The molecule has 29 heteroatoms. The molecule has 0 saturated heterocycles. The molecule has 0 rings (SSSR count). The monoisotopic (exact) mass is 874 g/mol. The molecule has 0 saturated carbocycles. The van der Waals surface area contributed by atoms with Crippen molar-refractivity contribution in [2.24, 2.45) is 0 Å². The number of hydrogen-bond acceptors (Lipinski definition) is 0. The Morgan fingerprint density at radius 2 is 0.407 bits per heavy atom. The van der Waals surface area contributed by atoms with Gasteiger partial charge >= 0.3 is 83.2 Å². The maximum Gasteiger partial charge on any atom is 0.460 e. The lowest BCUT2D eigenvalue weighted by Gasteiger charge is -2.46. The molecule has 0 atom stereocenters. The van der Waals surface area contributed by atoms with Crippen LogP contribution >= 0.6 is 0 Å². The van der Waals surface area contributed by atoms with Crippen molar-refractivity contribution < 1.29 is 127 Å². The highest BCUT2D eigenvalue weighted by molar-refractivity contribution is 5.21. The number of hydrogen-bond donors (Lipinski definition) is 0. The third kappa shape index (κ3) is 7.43. The normalized spacial score (nSPS) is 16.3. The lowest BCUT2D eigenvalue weighted by molar-refractivity contribution is -0.487. The molecule has 0 N–H and O–H groups in total. The van der Waals surface area contributed by atoms with Crippen molar-refractivity contribution in [3.63, 3.8) is 0 Å². The Labute approximate surface area is 282 Å². The molecule has 0 amide bonds. The van der Waals surface area contributed by atoms with Crippen LogP contribution in [0.1, 0.15) is 71.1 Å². The molecule has 0 nitrogen and oxygen atoms in total. The molecule has 0 aliphatic carbocycles.